The lowest BCUT2D eigenvalue weighted by molar-refractivity contribution is 0.670. The largest absolute Gasteiger partial charge is 0.455 e. The molecule has 2 nitrogen and oxygen atoms in total. The van der Waals surface area contributed by atoms with Crippen LogP contribution < -0.4 is 4.90 Å². The second-order valence-electron chi connectivity index (χ2n) is 15.2. The molecule has 0 spiro atoms. The molecule has 0 bridgehead atoms. The second-order valence-corrected chi connectivity index (χ2v) is 15.2. The van der Waals surface area contributed by atoms with Gasteiger partial charge in [0.15, 0.2) is 0 Å². The summed E-state index contributed by atoms with van der Waals surface area (Å²) in [6.45, 7) is 0. The first kappa shape index (κ1) is 35.2. The predicted molar refractivity (Wildman–Crippen MR) is 253 cm³/mol. The highest BCUT2D eigenvalue weighted by atomic mass is 16.3. The van der Waals surface area contributed by atoms with E-state index in [0.29, 0.717) is 0 Å². The zero-order chi connectivity index (χ0) is 39.8. The van der Waals surface area contributed by atoms with Crippen LogP contribution in [0.4, 0.5) is 17.1 Å². The number of anilines is 3. The van der Waals surface area contributed by atoms with Gasteiger partial charge in [0, 0.05) is 33.1 Å². The van der Waals surface area contributed by atoms with Gasteiger partial charge in [0.2, 0.25) is 0 Å². The van der Waals surface area contributed by atoms with Gasteiger partial charge >= 0.3 is 0 Å². The van der Waals surface area contributed by atoms with Gasteiger partial charge in [-0.1, -0.05) is 194 Å². The summed E-state index contributed by atoms with van der Waals surface area (Å²) in [7, 11) is 0. The Kier molecular flexibility index (Phi) is 8.87. The molecule has 0 saturated carbocycles. The minimum Gasteiger partial charge on any atom is -0.455 e. The Morgan fingerprint density at radius 1 is 0.283 bits per heavy atom. The number of para-hydroxylation sites is 2. The van der Waals surface area contributed by atoms with Crippen LogP contribution in [0.2, 0.25) is 0 Å². The van der Waals surface area contributed by atoms with Crippen molar-refractivity contribution in [3.05, 3.63) is 237 Å². The summed E-state index contributed by atoms with van der Waals surface area (Å²) < 4.78 is 6.54. The third kappa shape index (κ3) is 6.32. The minimum atomic E-state index is 0.902. The van der Waals surface area contributed by atoms with Gasteiger partial charge in [-0.05, 0) is 97.9 Å². The van der Waals surface area contributed by atoms with E-state index < -0.39 is 0 Å². The van der Waals surface area contributed by atoms with Crippen LogP contribution in [0.25, 0.3) is 88.3 Å². The Labute approximate surface area is 349 Å². The van der Waals surface area contributed by atoms with E-state index in [9.17, 15) is 0 Å². The van der Waals surface area contributed by atoms with Gasteiger partial charge in [0.05, 0.1) is 5.69 Å². The van der Waals surface area contributed by atoms with E-state index in [1.807, 2.05) is 12.1 Å². The van der Waals surface area contributed by atoms with E-state index in [4.69, 9.17) is 4.42 Å². The summed E-state index contributed by atoms with van der Waals surface area (Å²) in [5.74, 6) is 0. The van der Waals surface area contributed by atoms with Crippen LogP contribution in [0.1, 0.15) is 0 Å². The lowest BCUT2D eigenvalue weighted by Crippen LogP contribution is -2.10. The number of rotatable bonds is 8. The van der Waals surface area contributed by atoms with Crippen molar-refractivity contribution in [2.45, 2.75) is 0 Å². The summed E-state index contributed by atoms with van der Waals surface area (Å²) in [5.41, 5.74) is 16.7. The molecule has 1 aromatic heterocycles. The average Bonchev–Trinajstić information content (AvgIpc) is 3.72. The van der Waals surface area contributed by atoms with Gasteiger partial charge < -0.3 is 9.32 Å². The standard InChI is InChI=1S/C58H39NO/c1-4-16-41(17-5-1)48-37-35-47(39-55(48)44-20-8-3-9-21-44)59(56-28-14-23-42-22-10-11-24-49(42)56)46-33-30-40(31-34-46)45-32-36-50(54(38-45)43-18-6-2-7-19-43)52-26-15-27-53-51-25-12-13-29-57(51)60-58(52)53/h1-39H. The SMILES string of the molecule is c1ccc(-c2ccc(N(c3ccc(-c4ccc(-c5cccc6c5oc5ccccc56)c(-c5ccccc5)c4)cc3)c3cccc4ccccc34)cc2-c2ccccc2)cc1. The van der Waals surface area contributed by atoms with Crippen molar-refractivity contribution in [1.82, 2.24) is 0 Å². The fraction of sp³-hybridized carbons (Fsp3) is 0. The highest BCUT2D eigenvalue weighted by Gasteiger charge is 2.20. The van der Waals surface area contributed by atoms with Crippen molar-refractivity contribution in [3.8, 4) is 55.6 Å². The summed E-state index contributed by atoms with van der Waals surface area (Å²) in [5, 5.41) is 4.66. The first-order valence-electron chi connectivity index (χ1n) is 20.5. The second kappa shape index (κ2) is 15.1. The highest BCUT2D eigenvalue weighted by molar-refractivity contribution is 6.11. The molecule has 0 radical (unpaired) electrons. The lowest BCUT2D eigenvalue weighted by atomic mass is 9.90. The molecule has 0 atom stereocenters. The van der Waals surface area contributed by atoms with E-state index in [0.717, 1.165) is 72.4 Å². The lowest BCUT2D eigenvalue weighted by Gasteiger charge is -2.28. The molecule has 11 aromatic rings. The van der Waals surface area contributed by atoms with Crippen LogP contribution in [0.5, 0.6) is 0 Å². The molecule has 0 N–H and O–H groups in total. The topological polar surface area (TPSA) is 16.4 Å². The molecular formula is C58H39NO. The molecule has 0 aliphatic rings. The molecule has 11 rings (SSSR count). The van der Waals surface area contributed by atoms with Crippen molar-refractivity contribution in [3.63, 3.8) is 0 Å². The smallest absolute Gasteiger partial charge is 0.143 e. The molecule has 0 aliphatic heterocycles. The normalized spacial score (nSPS) is 11.3. The number of fused-ring (bicyclic) bond motifs is 4. The van der Waals surface area contributed by atoms with E-state index in [-0.39, 0.29) is 0 Å². The van der Waals surface area contributed by atoms with Crippen molar-refractivity contribution in [2.75, 3.05) is 4.90 Å². The van der Waals surface area contributed by atoms with Crippen molar-refractivity contribution >= 4 is 49.8 Å². The molecule has 60 heavy (non-hydrogen) atoms. The van der Waals surface area contributed by atoms with Crippen LogP contribution in [0.3, 0.4) is 0 Å². The Balaban J connectivity index is 1.05. The van der Waals surface area contributed by atoms with Gasteiger partial charge in [0.1, 0.15) is 11.2 Å². The van der Waals surface area contributed by atoms with Gasteiger partial charge in [-0.25, -0.2) is 0 Å². The average molecular weight is 766 g/mol. The maximum absolute atomic E-state index is 6.54. The monoisotopic (exact) mass is 765 g/mol. The van der Waals surface area contributed by atoms with E-state index in [2.05, 4.69) is 229 Å². The third-order valence-electron chi connectivity index (χ3n) is 11.7. The molecule has 0 amide bonds. The minimum absolute atomic E-state index is 0.902. The fourth-order valence-electron chi connectivity index (χ4n) is 8.81. The Bertz CT molecular complexity index is 3290. The number of hydrogen-bond acceptors (Lipinski definition) is 2. The molecule has 0 fully saturated rings. The van der Waals surface area contributed by atoms with Crippen LogP contribution in [-0.4, -0.2) is 0 Å². The zero-order valence-corrected chi connectivity index (χ0v) is 32.9. The maximum atomic E-state index is 6.54. The zero-order valence-electron chi connectivity index (χ0n) is 32.9. The van der Waals surface area contributed by atoms with Crippen LogP contribution in [0.15, 0.2) is 241 Å². The number of furan rings is 1. The molecule has 0 aliphatic carbocycles. The Morgan fingerprint density at radius 2 is 0.817 bits per heavy atom. The van der Waals surface area contributed by atoms with Gasteiger partial charge in [-0.3, -0.25) is 0 Å². The first-order chi connectivity index (χ1) is 29.8. The van der Waals surface area contributed by atoms with E-state index in [1.54, 1.807) is 0 Å². The fourth-order valence-corrected chi connectivity index (χ4v) is 8.81. The summed E-state index contributed by atoms with van der Waals surface area (Å²) in [6.07, 6.45) is 0. The molecule has 10 aromatic carbocycles. The Hall–Kier alpha value is -7.94. The van der Waals surface area contributed by atoms with Crippen molar-refractivity contribution in [1.29, 1.82) is 0 Å². The van der Waals surface area contributed by atoms with Crippen molar-refractivity contribution < 1.29 is 4.42 Å². The van der Waals surface area contributed by atoms with Crippen LogP contribution in [0, 0.1) is 0 Å². The van der Waals surface area contributed by atoms with Crippen LogP contribution in [-0.2, 0) is 0 Å². The van der Waals surface area contributed by atoms with Gasteiger partial charge in [-0.2, -0.15) is 0 Å². The number of hydrogen-bond donors (Lipinski definition) is 0. The molecule has 2 heteroatoms. The molecule has 0 saturated heterocycles. The van der Waals surface area contributed by atoms with Crippen LogP contribution >= 0.6 is 0 Å². The molecule has 0 unspecified atom stereocenters. The quantitative estimate of drug-likeness (QED) is 0.153. The summed E-state index contributed by atoms with van der Waals surface area (Å²) in [4.78, 5) is 2.40. The molecular weight excluding hydrogens is 727 g/mol. The maximum Gasteiger partial charge on any atom is 0.143 e. The number of benzene rings is 10. The summed E-state index contributed by atoms with van der Waals surface area (Å²) in [6, 6.07) is 84.9. The van der Waals surface area contributed by atoms with E-state index >= 15 is 0 Å². The van der Waals surface area contributed by atoms with Gasteiger partial charge in [0.25, 0.3) is 0 Å². The summed E-state index contributed by atoms with van der Waals surface area (Å²) >= 11 is 0. The number of nitrogens with zero attached hydrogens (tertiary/aromatic N) is 1. The first-order valence-corrected chi connectivity index (χ1v) is 20.5. The Morgan fingerprint density at radius 3 is 1.55 bits per heavy atom. The predicted octanol–water partition coefficient (Wildman–Crippen LogP) is 16.5. The van der Waals surface area contributed by atoms with Crippen molar-refractivity contribution in [2.24, 2.45) is 0 Å². The van der Waals surface area contributed by atoms with E-state index in [1.165, 1.54) is 33.0 Å². The van der Waals surface area contributed by atoms with Gasteiger partial charge in [-0.15, -0.1) is 0 Å². The molecule has 1 heterocycles. The third-order valence-corrected chi connectivity index (χ3v) is 11.7. The molecule has 282 valence electrons. The highest BCUT2D eigenvalue weighted by Crippen LogP contribution is 2.45.